The minimum atomic E-state index is -0.588. The van der Waals surface area contributed by atoms with Crippen molar-refractivity contribution >= 4 is 35.0 Å². The third-order valence-electron chi connectivity index (χ3n) is 3.54. The molecule has 0 aliphatic carbocycles. The first kappa shape index (κ1) is 18.7. The van der Waals surface area contributed by atoms with Crippen molar-refractivity contribution in [3.63, 3.8) is 0 Å². The van der Waals surface area contributed by atoms with Crippen molar-refractivity contribution < 1.29 is 18.4 Å². The number of carbonyl (C=O) groups excluding carboxylic acids is 2. The van der Waals surface area contributed by atoms with Gasteiger partial charge < -0.3 is 19.6 Å². The molecule has 1 aromatic carbocycles. The zero-order valence-corrected chi connectivity index (χ0v) is 15.5. The second-order valence-corrected chi connectivity index (χ2v) is 6.65. The third-order valence-corrected chi connectivity index (χ3v) is 4.62. The van der Waals surface area contributed by atoms with Crippen LogP contribution in [0.4, 0.5) is 15.8 Å². The average molecular weight is 388 g/mol. The fourth-order valence-corrected chi connectivity index (χ4v) is 3.11. The van der Waals surface area contributed by atoms with Gasteiger partial charge >= 0.3 is 0 Å². The summed E-state index contributed by atoms with van der Waals surface area (Å²) >= 11 is 1.49. The average Bonchev–Trinajstić information content (AvgIpc) is 3.24. The van der Waals surface area contributed by atoms with Gasteiger partial charge in [0.05, 0.1) is 11.4 Å². The Kier molecular flexibility index (Phi) is 5.60. The van der Waals surface area contributed by atoms with Gasteiger partial charge in [-0.15, -0.1) is 0 Å². The van der Waals surface area contributed by atoms with Crippen molar-refractivity contribution in [2.75, 3.05) is 10.6 Å². The summed E-state index contributed by atoms with van der Waals surface area (Å²) in [5.74, 6) is -0.167. The van der Waals surface area contributed by atoms with Gasteiger partial charge in [-0.1, -0.05) is 11.8 Å². The first-order valence-corrected chi connectivity index (χ1v) is 8.98. The van der Waals surface area contributed by atoms with Crippen LogP contribution < -0.4 is 10.6 Å². The number of imidazole rings is 1. The molecule has 140 valence electrons. The van der Waals surface area contributed by atoms with Gasteiger partial charge in [0.15, 0.2) is 10.9 Å². The van der Waals surface area contributed by atoms with E-state index in [1.54, 1.807) is 18.3 Å². The number of anilines is 2. The fraction of sp³-hybridized carbons (Fsp3) is 0.167. The summed E-state index contributed by atoms with van der Waals surface area (Å²) in [6.07, 6.45) is 3.56. The Bertz CT molecular complexity index is 983. The lowest BCUT2D eigenvalue weighted by Crippen LogP contribution is -2.12. The molecule has 0 aliphatic rings. The van der Waals surface area contributed by atoms with E-state index in [1.807, 2.05) is 17.8 Å². The number of hydrogen-bond acceptors (Lipinski definition) is 5. The van der Waals surface area contributed by atoms with Crippen LogP contribution in [0.1, 0.15) is 23.2 Å². The Balaban J connectivity index is 1.64. The van der Waals surface area contributed by atoms with Gasteiger partial charge in [0, 0.05) is 32.1 Å². The number of carbonyl (C=O) groups is 2. The number of benzene rings is 1. The summed E-state index contributed by atoms with van der Waals surface area (Å²) in [6.45, 7) is 1.28. The van der Waals surface area contributed by atoms with Gasteiger partial charge in [-0.05, 0) is 30.3 Å². The van der Waals surface area contributed by atoms with E-state index >= 15 is 0 Å². The molecule has 9 heteroatoms. The van der Waals surface area contributed by atoms with Crippen molar-refractivity contribution in [1.82, 2.24) is 9.55 Å². The van der Waals surface area contributed by atoms with E-state index < -0.39 is 17.6 Å². The van der Waals surface area contributed by atoms with E-state index in [0.717, 1.165) is 11.2 Å². The van der Waals surface area contributed by atoms with E-state index in [2.05, 4.69) is 15.6 Å². The second kappa shape index (κ2) is 8.09. The number of furan rings is 1. The van der Waals surface area contributed by atoms with Crippen molar-refractivity contribution in [2.24, 2.45) is 7.05 Å². The fourth-order valence-electron chi connectivity index (χ4n) is 2.29. The number of halogens is 1. The highest BCUT2D eigenvalue weighted by Crippen LogP contribution is 2.23. The van der Waals surface area contributed by atoms with Crippen molar-refractivity contribution in [1.29, 1.82) is 0 Å². The number of amides is 2. The zero-order chi connectivity index (χ0) is 19.4. The Labute approximate surface area is 159 Å². The predicted octanol–water partition coefficient (Wildman–Crippen LogP) is 3.66. The van der Waals surface area contributed by atoms with Crippen LogP contribution in [0.2, 0.25) is 0 Å². The Morgan fingerprint density at radius 3 is 2.78 bits per heavy atom. The molecular formula is C18H17FN4O3S. The highest BCUT2D eigenvalue weighted by atomic mass is 32.2. The number of aromatic nitrogens is 2. The van der Waals surface area contributed by atoms with E-state index in [-0.39, 0.29) is 11.4 Å². The summed E-state index contributed by atoms with van der Waals surface area (Å²) in [6, 6.07) is 7.20. The van der Waals surface area contributed by atoms with Crippen LogP contribution in [-0.2, 0) is 17.6 Å². The lowest BCUT2D eigenvalue weighted by atomic mass is 10.2. The molecule has 2 amide bonds. The van der Waals surface area contributed by atoms with Crippen LogP contribution >= 0.6 is 11.8 Å². The van der Waals surface area contributed by atoms with Gasteiger partial charge in [-0.3, -0.25) is 9.59 Å². The van der Waals surface area contributed by atoms with E-state index in [9.17, 15) is 14.0 Å². The van der Waals surface area contributed by atoms with Crippen LogP contribution in [0.15, 0.2) is 52.3 Å². The summed E-state index contributed by atoms with van der Waals surface area (Å²) in [5, 5.41) is 5.82. The monoisotopic (exact) mass is 388 g/mol. The molecule has 0 aliphatic heterocycles. The lowest BCUT2D eigenvalue weighted by molar-refractivity contribution is -0.114. The number of nitrogens with zero attached hydrogens (tertiary/aromatic N) is 2. The van der Waals surface area contributed by atoms with Crippen molar-refractivity contribution in [2.45, 2.75) is 17.8 Å². The standard InChI is InChI=1S/C18H17FN4O3S/c1-11(24)21-15-9-12(3-5-14(15)19)22-17(25)16-6-4-13(26-16)10-27-18-20-7-8-23(18)2/h3-9H,10H2,1-2H3,(H,21,24)(H,22,25). The van der Waals surface area contributed by atoms with E-state index in [0.29, 0.717) is 17.2 Å². The molecule has 7 nitrogen and oxygen atoms in total. The predicted molar refractivity (Wildman–Crippen MR) is 100 cm³/mol. The Morgan fingerprint density at radius 1 is 1.26 bits per heavy atom. The number of rotatable bonds is 6. The zero-order valence-electron chi connectivity index (χ0n) is 14.7. The molecule has 0 fully saturated rings. The maximum Gasteiger partial charge on any atom is 0.291 e. The van der Waals surface area contributed by atoms with Gasteiger partial charge in [-0.25, -0.2) is 9.37 Å². The minimum absolute atomic E-state index is 0.00750. The third kappa shape index (κ3) is 4.76. The summed E-state index contributed by atoms with van der Waals surface area (Å²) < 4.78 is 21.1. The second-order valence-electron chi connectivity index (χ2n) is 5.71. The van der Waals surface area contributed by atoms with Gasteiger partial charge in [0.25, 0.3) is 5.91 Å². The minimum Gasteiger partial charge on any atom is -0.455 e. The van der Waals surface area contributed by atoms with Crippen LogP contribution in [0.3, 0.4) is 0 Å². The molecule has 0 spiro atoms. The lowest BCUT2D eigenvalue weighted by Gasteiger charge is -2.08. The Morgan fingerprint density at radius 2 is 2.07 bits per heavy atom. The molecule has 27 heavy (non-hydrogen) atoms. The maximum atomic E-state index is 13.7. The molecule has 0 bridgehead atoms. The van der Waals surface area contributed by atoms with E-state index in [4.69, 9.17) is 4.42 Å². The molecule has 3 rings (SSSR count). The molecule has 0 radical (unpaired) electrons. The van der Waals surface area contributed by atoms with Crippen molar-refractivity contribution in [3.05, 3.63) is 60.1 Å². The molecule has 0 saturated heterocycles. The molecule has 2 N–H and O–H groups in total. The topological polar surface area (TPSA) is 89.2 Å². The number of aryl methyl sites for hydroxylation is 1. The normalized spacial score (nSPS) is 10.6. The molecule has 0 saturated carbocycles. The van der Waals surface area contributed by atoms with Gasteiger partial charge in [0.1, 0.15) is 11.6 Å². The summed E-state index contributed by atoms with van der Waals surface area (Å²) in [5.41, 5.74) is 0.331. The van der Waals surface area contributed by atoms with Crippen LogP contribution in [0.25, 0.3) is 0 Å². The largest absolute Gasteiger partial charge is 0.455 e. The Hall–Kier alpha value is -3.07. The summed E-state index contributed by atoms with van der Waals surface area (Å²) in [4.78, 5) is 27.6. The highest BCUT2D eigenvalue weighted by Gasteiger charge is 2.14. The molecule has 2 heterocycles. The maximum absolute atomic E-state index is 13.7. The molecule has 0 unspecified atom stereocenters. The molecule has 0 atom stereocenters. The number of hydrogen-bond donors (Lipinski definition) is 2. The number of nitrogens with one attached hydrogen (secondary N) is 2. The molecule has 3 aromatic rings. The highest BCUT2D eigenvalue weighted by molar-refractivity contribution is 7.98. The molecule has 2 aromatic heterocycles. The first-order chi connectivity index (χ1) is 12.9. The quantitative estimate of drug-likeness (QED) is 0.629. The van der Waals surface area contributed by atoms with Crippen molar-refractivity contribution in [3.8, 4) is 0 Å². The van der Waals surface area contributed by atoms with E-state index in [1.165, 1.54) is 30.8 Å². The van der Waals surface area contributed by atoms with Gasteiger partial charge in [0.2, 0.25) is 5.91 Å². The summed E-state index contributed by atoms with van der Waals surface area (Å²) in [7, 11) is 1.90. The van der Waals surface area contributed by atoms with Crippen LogP contribution in [-0.4, -0.2) is 21.4 Å². The van der Waals surface area contributed by atoms with Crippen LogP contribution in [0, 0.1) is 5.82 Å². The SMILES string of the molecule is CC(=O)Nc1cc(NC(=O)c2ccc(CSc3nccn3C)o2)ccc1F. The molecular weight excluding hydrogens is 371 g/mol. The smallest absolute Gasteiger partial charge is 0.291 e. The number of thioether (sulfide) groups is 1. The van der Waals surface area contributed by atoms with Gasteiger partial charge in [-0.2, -0.15) is 0 Å². The van der Waals surface area contributed by atoms with Crippen LogP contribution in [0.5, 0.6) is 0 Å². The first-order valence-electron chi connectivity index (χ1n) is 7.99.